The number of rotatable bonds is 6. The Morgan fingerprint density at radius 2 is 1.63 bits per heavy atom. The molecule has 0 saturated carbocycles. The van der Waals surface area contributed by atoms with Crippen LogP contribution in [0.3, 0.4) is 0 Å². The van der Waals surface area contributed by atoms with Crippen molar-refractivity contribution >= 4 is 27.7 Å². The first kappa shape index (κ1) is 15.5. The number of hydrogen-bond donors (Lipinski definition) is 0. The summed E-state index contributed by atoms with van der Waals surface area (Å²) in [6.45, 7) is 0. The van der Waals surface area contributed by atoms with Gasteiger partial charge in [-0.2, -0.15) is 0 Å². The molecular weight excluding hydrogens is 316 g/mol. The molecule has 1 rings (SSSR count). The average Bonchev–Trinajstić information content (AvgIpc) is 2.43. The van der Waals surface area contributed by atoms with Crippen LogP contribution in [0.2, 0.25) is 0 Å². The van der Waals surface area contributed by atoms with E-state index in [9.17, 15) is 9.59 Å². The van der Waals surface area contributed by atoms with Crippen LogP contribution in [0, 0.1) is 0 Å². The Morgan fingerprint density at radius 1 is 1.05 bits per heavy atom. The zero-order chi connectivity index (χ0) is 14.4. The van der Waals surface area contributed by atoms with E-state index in [4.69, 9.17) is 9.47 Å². The summed E-state index contributed by atoms with van der Waals surface area (Å²) in [6.07, 6.45) is 0.136. The Labute approximate surface area is 120 Å². The molecule has 0 saturated heterocycles. The maximum Gasteiger partial charge on any atom is 0.305 e. The predicted molar refractivity (Wildman–Crippen MR) is 72.8 cm³/mol. The van der Waals surface area contributed by atoms with Gasteiger partial charge in [0.1, 0.15) is 0 Å². The molecule has 0 N–H and O–H groups in total. The van der Waals surface area contributed by atoms with Crippen LogP contribution in [0.5, 0.6) is 11.5 Å². The minimum atomic E-state index is -0.412. The Hall–Kier alpha value is -1.56. The number of Topliss-reactive ketones (excluding diaryl/α,β-unsaturated/α-hetero) is 1. The van der Waals surface area contributed by atoms with E-state index >= 15 is 0 Å². The van der Waals surface area contributed by atoms with E-state index < -0.39 is 5.97 Å². The van der Waals surface area contributed by atoms with Gasteiger partial charge in [-0.25, -0.2) is 0 Å². The fourth-order valence-electron chi connectivity index (χ4n) is 1.52. The number of ether oxygens (including phenoxy) is 3. The molecule has 1 aromatic carbocycles. The highest BCUT2D eigenvalue weighted by molar-refractivity contribution is 9.10. The van der Waals surface area contributed by atoms with Crippen LogP contribution in [-0.2, 0) is 9.53 Å². The van der Waals surface area contributed by atoms with Crippen molar-refractivity contribution in [3.05, 3.63) is 22.2 Å². The number of methoxy groups -OCH3 is 3. The molecule has 0 unspecified atom stereocenters. The van der Waals surface area contributed by atoms with E-state index in [1.165, 1.54) is 21.3 Å². The van der Waals surface area contributed by atoms with Crippen molar-refractivity contribution in [1.82, 2.24) is 0 Å². The van der Waals surface area contributed by atoms with Crippen molar-refractivity contribution in [2.75, 3.05) is 21.3 Å². The van der Waals surface area contributed by atoms with E-state index in [-0.39, 0.29) is 18.6 Å². The molecule has 0 aromatic heterocycles. The van der Waals surface area contributed by atoms with E-state index in [1.54, 1.807) is 12.1 Å². The molecule has 0 fully saturated rings. The smallest absolute Gasteiger partial charge is 0.305 e. The lowest BCUT2D eigenvalue weighted by atomic mass is 10.1. The lowest BCUT2D eigenvalue weighted by Gasteiger charge is -2.11. The molecule has 0 radical (unpaired) electrons. The topological polar surface area (TPSA) is 61.8 Å². The standard InChI is InChI=1S/C13H15BrO5/c1-17-11-6-8(9(14)7-12(11)18-2)10(15)4-5-13(16)19-3/h6-7H,4-5H2,1-3H3. The van der Waals surface area contributed by atoms with Crippen LogP contribution in [0.1, 0.15) is 23.2 Å². The van der Waals surface area contributed by atoms with Crippen molar-refractivity contribution in [3.8, 4) is 11.5 Å². The van der Waals surface area contributed by atoms with Crippen LogP contribution in [-0.4, -0.2) is 33.1 Å². The molecule has 0 heterocycles. The van der Waals surface area contributed by atoms with E-state index in [0.29, 0.717) is 21.5 Å². The molecule has 104 valence electrons. The normalized spacial score (nSPS) is 9.89. The van der Waals surface area contributed by atoms with Crippen LogP contribution in [0.4, 0.5) is 0 Å². The molecule has 0 spiro atoms. The highest BCUT2D eigenvalue weighted by Crippen LogP contribution is 2.33. The fraction of sp³-hybridized carbons (Fsp3) is 0.385. The Bertz CT molecular complexity index is 484. The van der Waals surface area contributed by atoms with Gasteiger partial charge in [-0.15, -0.1) is 0 Å². The van der Waals surface area contributed by atoms with Crippen LogP contribution in [0.15, 0.2) is 16.6 Å². The van der Waals surface area contributed by atoms with Crippen molar-refractivity contribution in [3.63, 3.8) is 0 Å². The van der Waals surface area contributed by atoms with Gasteiger partial charge in [-0.1, -0.05) is 0 Å². The first-order chi connectivity index (χ1) is 9.03. The first-order valence-corrected chi connectivity index (χ1v) is 6.34. The lowest BCUT2D eigenvalue weighted by molar-refractivity contribution is -0.140. The average molecular weight is 331 g/mol. The number of benzene rings is 1. The van der Waals surface area contributed by atoms with Crippen LogP contribution in [0.25, 0.3) is 0 Å². The number of halogens is 1. The second-order valence-electron chi connectivity index (χ2n) is 3.69. The molecule has 0 bridgehead atoms. The summed E-state index contributed by atoms with van der Waals surface area (Å²) in [5.74, 6) is 0.411. The van der Waals surface area contributed by atoms with Crippen molar-refractivity contribution in [2.24, 2.45) is 0 Å². The van der Waals surface area contributed by atoms with Crippen molar-refractivity contribution in [1.29, 1.82) is 0 Å². The molecular formula is C13H15BrO5. The van der Waals surface area contributed by atoms with Crippen LogP contribution < -0.4 is 9.47 Å². The van der Waals surface area contributed by atoms with E-state index in [2.05, 4.69) is 20.7 Å². The van der Waals surface area contributed by atoms with E-state index in [1.807, 2.05) is 0 Å². The SMILES string of the molecule is COC(=O)CCC(=O)c1cc(OC)c(OC)cc1Br. The Balaban J connectivity index is 2.93. The van der Waals surface area contributed by atoms with Gasteiger partial charge in [0.25, 0.3) is 0 Å². The minimum Gasteiger partial charge on any atom is -0.493 e. The molecule has 0 aliphatic heterocycles. The van der Waals surface area contributed by atoms with Gasteiger partial charge in [0, 0.05) is 16.5 Å². The molecule has 1 aromatic rings. The number of esters is 1. The maximum atomic E-state index is 12.0. The van der Waals surface area contributed by atoms with Gasteiger partial charge in [0.15, 0.2) is 17.3 Å². The fourth-order valence-corrected chi connectivity index (χ4v) is 2.06. The summed E-state index contributed by atoms with van der Waals surface area (Å²) in [7, 11) is 4.30. The van der Waals surface area contributed by atoms with E-state index in [0.717, 1.165) is 0 Å². The zero-order valence-electron chi connectivity index (χ0n) is 11.0. The monoisotopic (exact) mass is 330 g/mol. The molecule has 5 nitrogen and oxygen atoms in total. The summed E-state index contributed by atoms with van der Waals surface area (Å²) in [5.41, 5.74) is 0.446. The highest BCUT2D eigenvalue weighted by Gasteiger charge is 2.16. The second kappa shape index (κ2) is 7.13. The molecule has 0 aliphatic carbocycles. The van der Waals surface area contributed by atoms with Crippen LogP contribution >= 0.6 is 15.9 Å². The number of ketones is 1. The van der Waals surface area contributed by atoms with Gasteiger partial charge in [-0.05, 0) is 28.1 Å². The van der Waals surface area contributed by atoms with Gasteiger partial charge >= 0.3 is 5.97 Å². The van der Waals surface area contributed by atoms with Gasteiger partial charge in [-0.3, -0.25) is 9.59 Å². The lowest BCUT2D eigenvalue weighted by Crippen LogP contribution is -2.07. The summed E-state index contributed by atoms with van der Waals surface area (Å²) in [5, 5.41) is 0. The molecule has 0 atom stereocenters. The number of hydrogen-bond acceptors (Lipinski definition) is 5. The molecule has 0 amide bonds. The largest absolute Gasteiger partial charge is 0.493 e. The summed E-state index contributed by atoms with van der Waals surface area (Å²) in [6, 6.07) is 3.24. The van der Waals surface area contributed by atoms with Gasteiger partial charge < -0.3 is 14.2 Å². The van der Waals surface area contributed by atoms with Crippen molar-refractivity contribution in [2.45, 2.75) is 12.8 Å². The quantitative estimate of drug-likeness (QED) is 0.592. The zero-order valence-corrected chi connectivity index (χ0v) is 12.6. The number of carbonyl (C=O) groups is 2. The second-order valence-corrected chi connectivity index (χ2v) is 4.54. The molecule has 6 heteroatoms. The van der Waals surface area contributed by atoms with Crippen molar-refractivity contribution < 1.29 is 23.8 Å². The summed E-state index contributed by atoms with van der Waals surface area (Å²) < 4.78 is 15.4. The Morgan fingerprint density at radius 3 is 2.16 bits per heavy atom. The third-order valence-corrected chi connectivity index (χ3v) is 3.21. The number of carbonyl (C=O) groups excluding carboxylic acids is 2. The third kappa shape index (κ3) is 3.96. The first-order valence-electron chi connectivity index (χ1n) is 5.55. The minimum absolute atomic E-state index is 0.0517. The van der Waals surface area contributed by atoms with Gasteiger partial charge in [0.2, 0.25) is 0 Å². The molecule has 0 aliphatic rings. The summed E-state index contributed by atoms with van der Waals surface area (Å²) in [4.78, 5) is 23.0. The van der Waals surface area contributed by atoms with Gasteiger partial charge in [0.05, 0.1) is 27.8 Å². The highest BCUT2D eigenvalue weighted by atomic mass is 79.9. The third-order valence-electron chi connectivity index (χ3n) is 2.56. The molecule has 19 heavy (non-hydrogen) atoms. The maximum absolute atomic E-state index is 12.0. The predicted octanol–water partition coefficient (Wildman–Crippen LogP) is 2.60. The summed E-state index contributed by atoms with van der Waals surface area (Å²) >= 11 is 3.30. The Kier molecular flexibility index (Phi) is 5.82.